The number of aryl methyl sites for hydroxylation is 1. The highest BCUT2D eigenvalue weighted by molar-refractivity contribution is 6.04. The van der Waals surface area contributed by atoms with Gasteiger partial charge < -0.3 is 5.32 Å². The first kappa shape index (κ1) is 14.3. The van der Waals surface area contributed by atoms with E-state index in [0.29, 0.717) is 11.1 Å². The number of carbonyl (C=O) groups excluding carboxylic acids is 1. The normalized spacial score (nSPS) is 10.7. The Balaban J connectivity index is 2.31. The Morgan fingerprint density at radius 2 is 1.75 bits per heavy atom. The van der Waals surface area contributed by atoms with Crippen LogP contribution in [0.2, 0.25) is 0 Å². The van der Waals surface area contributed by atoms with Crippen LogP contribution in [0.15, 0.2) is 42.5 Å². The molecular weight excluding hydrogens is 253 g/mol. The molecule has 20 heavy (non-hydrogen) atoms. The highest BCUT2D eigenvalue weighted by Gasteiger charge is 2.16. The molecule has 0 radical (unpaired) electrons. The Bertz CT molecular complexity index is 620. The Morgan fingerprint density at radius 1 is 1.10 bits per heavy atom. The lowest BCUT2D eigenvalue weighted by Gasteiger charge is -2.15. The summed E-state index contributed by atoms with van der Waals surface area (Å²) in [6, 6.07) is 12.2. The molecule has 0 aliphatic carbocycles. The van der Waals surface area contributed by atoms with E-state index >= 15 is 0 Å². The zero-order valence-electron chi connectivity index (χ0n) is 11.9. The van der Waals surface area contributed by atoms with Crippen LogP contribution in [-0.4, -0.2) is 5.91 Å². The molecule has 0 aromatic heterocycles. The summed E-state index contributed by atoms with van der Waals surface area (Å²) in [6.07, 6.45) is 0. The SMILES string of the molecule is Cc1ccc(NC(=O)c2ccccc2)c(F)c1C(C)C. The summed E-state index contributed by atoms with van der Waals surface area (Å²) in [7, 11) is 0. The molecule has 0 aliphatic heterocycles. The lowest BCUT2D eigenvalue weighted by molar-refractivity contribution is 0.102. The van der Waals surface area contributed by atoms with Crippen molar-refractivity contribution in [2.45, 2.75) is 26.7 Å². The average Bonchev–Trinajstić information content (AvgIpc) is 2.42. The first-order valence-electron chi connectivity index (χ1n) is 6.66. The minimum absolute atomic E-state index is 0.0728. The molecule has 2 aromatic rings. The molecule has 0 spiro atoms. The Hall–Kier alpha value is -2.16. The molecule has 0 bridgehead atoms. The van der Waals surface area contributed by atoms with Crippen molar-refractivity contribution in [1.82, 2.24) is 0 Å². The van der Waals surface area contributed by atoms with Gasteiger partial charge in [-0.15, -0.1) is 0 Å². The van der Waals surface area contributed by atoms with Gasteiger partial charge in [-0.3, -0.25) is 4.79 Å². The van der Waals surface area contributed by atoms with E-state index in [0.717, 1.165) is 5.56 Å². The van der Waals surface area contributed by atoms with Crippen molar-refractivity contribution in [3.8, 4) is 0 Å². The second-order valence-corrected chi connectivity index (χ2v) is 5.13. The largest absolute Gasteiger partial charge is 0.319 e. The maximum absolute atomic E-state index is 14.4. The summed E-state index contributed by atoms with van der Waals surface area (Å²) in [6.45, 7) is 5.75. The summed E-state index contributed by atoms with van der Waals surface area (Å²) < 4.78 is 14.4. The van der Waals surface area contributed by atoms with E-state index < -0.39 is 0 Å². The van der Waals surface area contributed by atoms with Gasteiger partial charge in [0.05, 0.1) is 5.69 Å². The molecule has 1 N–H and O–H groups in total. The minimum Gasteiger partial charge on any atom is -0.319 e. The third-order valence-electron chi connectivity index (χ3n) is 3.26. The van der Waals surface area contributed by atoms with Gasteiger partial charge in [0, 0.05) is 5.56 Å². The van der Waals surface area contributed by atoms with Gasteiger partial charge in [-0.05, 0) is 42.2 Å². The summed E-state index contributed by atoms with van der Waals surface area (Å²) in [5, 5.41) is 2.64. The number of nitrogens with one attached hydrogen (secondary N) is 1. The fraction of sp³-hybridized carbons (Fsp3) is 0.235. The monoisotopic (exact) mass is 271 g/mol. The number of halogens is 1. The quantitative estimate of drug-likeness (QED) is 0.874. The second-order valence-electron chi connectivity index (χ2n) is 5.13. The molecule has 0 unspecified atom stereocenters. The van der Waals surface area contributed by atoms with E-state index in [1.807, 2.05) is 32.9 Å². The van der Waals surface area contributed by atoms with E-state index in [2.05, 4.69) is 5.32 Å². The van der Waals surface area contributed by atoms with Crippen molar-refractivity contribution in [3.63, 3.8) is 0 Å². The Morgan fingerprint density at radius 3 is 2.35 bits per heavy atom. The van der Waals surface area contributed by atoms with Crippen LogP contribution in [0.5, 0.6) is 0 Å². The predicted molar refractivity (Wildman–Crippen MR) is 79.6 cm³/mol. The van der Waals surface area contributed by atoms with Crippen LogP contribution in [-0.2, 0) is 0 Å². The third-order valence-corrected chi connectivity index (χ3v) is 3.26. The van der Waals surface area contributed by atoms with Gasteiger partial charge in [-0.2, -0.15) is 0 Å². The molecule has 0 saturated carbocycles. The lowest BCUT2D eigenvalue weighted by atomic mass is 9.96. The van der Waals surface area contributed by atoms with Gasteiger partial charge in [0.2, 0.25) is 0 Å². The molecule has 0 atom stereocenters. The van der Waals surface area contributed by atoms with Crippen molar-refractivity contribution in [2.75, 3.05) is 5.32 Å². The van der Waals surface area contributed by atoms with Crippen LogP contribution in [0, 0.1) is 12.7 Å². The van der Waals surface area contributed by atoms with Gasteiger partial charge in [-0.1, -0.05) is 38.1 Å². The minimum atomic E-state index is -0.343. The molecule has 0 heterocycles. The third kappa shape index (κ3) is 2.87. The zero-order valence-corrected chi connectivity index (χ0v) is 11.9. The van der Waals surface area contributed by atoms with Crippen molar-refractivity contribution >= 4 is 11.6 Å². The molecule has 2 rings (SSSR count). The van der Waals surface area contributed by atoms with Gasteiger partial charge >= 0.3 is 0 Å². The molecule has 0 fully saturated rings. The molecule has 1 amide bonds. The van der Waals surface area contributed by atoms with Crippen LogP contribution in [0.25, 0.3) is 0 Å². The maximum Gasteiger partial charge on any atom is 0.255 e. The number of carbonyl (C=O) groups is 1. The molecule has 104 valence electrons. The fourth-order valence-electron chi connectivity index (χ4n) is 2.28. The average molecular weight is 271 g/mol. The number of hydrogen-bond acceptors (Lipinski definition) is 1. The van der Waals surface area contributed by atoms with Crippen molar-refractivity contribution < 1.29 is 9.18 Å². The lowest BCUT2D eigenvalue weighted by Crippen LogP contribution is -2.14. The van der Waals surface area contributed by atoms with Crippen LogP contribution < -0.4 is 5.32 Å². The zero-order chi connectivity index (χ0) is 14.7. The van der Waals surface area contributed by atoms with Gasteiger partial charge in [0.1, 0.15) is 5.82 Å². The van der Waals surface area contributed by atoms with E-state index in [4.69, 9.17) is 0 Å². The second kappa shape index (κ2) is 5.87. The van der Waals surface area contributed by atoms with Crippen LogP contribution in [0.1, 0.15) is 41.3 Å². The molecule has 3 heteroatoms. The van der Waals surface area contributed by atoms with Gasteiger partial charge in [0.15, 0.2) is 0 Å². The van der Waals surface area contributed by atoms with E-state index in [9.17, 15) is 9.18 Å². The molecule has 2 aromatic carbocycles. The number of rotatable bonds is 3. The molecular formula is C17H18FNO. The smallest absolute Gasteiger partial charge is 0.255 e. The number of anilines is 1. The summed E-state index contributed by atoms with van der Waals surface area (Å²) in [5.74, 6) is -0.573. The Kier molecular flexibility index (Phi) is 4.18. The van der Waals surface area contributed by atoms with E-state index in [1.54, 1.807) is 30.3 Å². The number of amides is 1. The van der Waals surface area contributed by atoms with Crippen LogP contribution in [0.3, 0.4) is 0 Å². The van der Waals surface area contributed by atoms with Crippen LogP contribution >= 0.6 is 0 Å². The van der Waals surface area contributed by atoms with E-state index in [1.165, 1.54) is 0 Å². The summed E-state index contributed by atoms with van der Waals surface area (Å²) >= 11 is 0. The highest BCUT2D eigenvalue weighted by atomic mass is 19.1. The first-order chi connectivity index (χ1) is 9.50. The van der Waals surface area contributed by atoms with Crippen molar-refractivity contribution in [2.24, 2.45) is 0 Å². The standard InChI is InChI=1S/C17H18FNO/c1-11(2)15-12(3)9-10-14(16(15)18)19-17(20)13-7-5-4-6-8-13/h4-11H,1-3H3,(H,19,20). The number of hydrogen-bond donors (Lipinski definition) is 1. The van der Waals surface area contributed by atoms with Crippen molar-refractivity contribution in [1.29, 1.82) is 0 Å². The van der Waals surface area contributed by atoms with Crippen LogP contribution in [0.4, 0.5) is 10.1 Å². The topological polar surface area (TPSA) is 29.1 Å². The summed E-state index contributed by atoms with van der Waals surface area (Å²) in [5.41, 5.74) is 2.29. The van der Waals surface area contributed by atoms with Gasteiger partial charge in [0.25, 0.3) is 5.91 Å². The predicted octanol–water partition coefficient (Wildman–Crippen LogP) is 4.51. The molecule has 0 aliphatic rings. The first-order valence-corrected chi connectivity index (χ1v) is 6.66. The Labute approximate surface area is 118 Å². The van der Waals surface area contributed by atoms with E-state index in [-0.39, 0.29) is 23.3 Å². The maximum atomic E-state index is 14.4. The summed E-state index contributed by atoms with van der Waals surface area (Å²) in [4.78, 5) is 12.1. The number of benzene rings is 2. The molecule has 0 saturated heterocycles. The van der Waals surface area contributed by atoms with Gasteiger partial charge in [-0.25, -0.2) is 4.39 Å². The van der Waals surface area contributed by atoms with Crippen molar-refractivity contribution in [3.05, 3.63) is 65.0 Å². The molecule has 2 nitrogen and oxygen atoms in total. The fourth-order valence-corrected chi connectivity index (χ4v) is 2.28. The highest BCUT2D eigenvalue weighted by Crippen LogP contribution is 2.28.